The van der Waals surface area contributed by atoms with Gasteiger partial charge in [-0.05, 0) is 124 Å². The predicted octanol–water partition coefficient (Wildman–Crippen LogP) is 23.2. The van der Waals surface area contributed by atoms with Crippen LogP contribution in [0.1, 0.15) is 48.5 Å². The lowest BCUT2D eigenvalue weighted by Gasteiger charge is -2.41. The van der Waals surface area contributed by atoms with Gasteiger partial charge >= 0.3 is 96.4 Å². The fourth-order valence-electron chi connectivity index (χ4n) is 9.78. The molecule has 0 spiro atoms. The highest BCUT2D eigenvalue weighted by molar-refractivity contribution is 5.92. The zero-order valence-electron chi connectivity index (χ0n) is 51.6. The molecule has 578 valence electrons. The average molecular weight is 1580 g/mol. The Labute approximate surface area is 575 Å². The Morgan fingerprint density at radius 2 is 0.533 bits per heavy atom. The first-order valence-electron chi connectivity index (χ1n) is 28.5. The monoisotopic (exact) mass is 1580 g/mol. The Morgan fingerprint density at radius 1 is 0.290 bits per heavy atom. The third kappa shape index (κ3) is 17.1. The van der Waals surface area contributed by atoms with Gasteiger partial charge in [0.2, 0.25) is 11.5 Å². The van der Waals surface area contributed by atoms with Crippen molar-refractivity contribution in [1.82, 2.24) is 0 Å². The summed E-state index contributed by atoms with van der Waals surface area (Å²) in [6.45, 7) is -1.57. The van der Waals surface area contributed by atoms with Crippen molar-refractivity contribution in [2.24, 2.45) is 0 Å². The van der Waals surface area contributed by atoms with E-state index < -0.39 is 155 Å². The van der Waals surface area contributed by atoms with Gasteiger partial charge in [-0.25, -0.2) is 27.2 Å². The smallest absolute Gasteiger partial charge is 0.449 e. The number of benzene rings is 7. The van der Waals surface area contributed by atoms with Gasteiger partial charge in [0.25, 0.3) is 0 Å². The molecular weight excluding hydrogens is 1550 g/mol. The molecule has 0 atom stereocenters. The second-order valence-corrected chi connectivity index (χ2v) is 22.0. The Morgan fingerprint density at radius 3 is 0.766 bits per heavy atom. The van der Waals surface area contributed by atoms with Gasteiger partial charge in [-0.1, -0.05) is 97.1 Å². The van der Waals surface area contributed by atoms with Gasteiger partial charge in [0.1, 0.15) is 24.7 Å². The van der Waals surface area contributed by atoms with E-state index in [2.05, 4.69) is 9.47 Å². The molecule has 0 aliphatic carbocycles. The number of anilines is 3. The van der Waals surface area contributed by atoms with Crippen LogP contribution in [0.2, 0.25) is 0 Å². The number of rotatable bonds is 20. The Kier molecular flexibility index (Phi) is 23.1. The zero-order chi connectivity index (χ0) is 80.7. The van der Waals surface area contributed by atoms with Crippen molar-refractivity contribution in [3.05, 3.63) is 244 Å². The van der Waals surface area contributed by atoms with Crippen LogP contribution in [0, 0.1) is 0 Å². The van der Waals surface area contributed by atoms with Crippen LogP contribution in [0.25, 0.3) is 11.6 Å². The first kappa shape index (κ1) is 84.0. The number of carbonyl (C=O) groups excluding carboxylic acids is 2. The van der Waals surface area contributed by atoms with E-state index in [1.807, 2.05) is 30.3 Å². The van der Waals surface area contributed by atoms with Gasteiger partial charge in [-0.2, -0.15) is 132 Å². The molecule has 7 aromatic carbocycles. The SMILES string of the molecule is O=C(OCc1ccc(N(c2ccc(C=C(c3ccccc3)c3ccccc3)cc2)c2ccc(COC(=O)c3ccc(OC(=C(C(F)(C(F)(F)F)C(F)(F)F)C(F)(C(F)(F)F)C(F)(F)F)C(F)(F)F)cc3)cc2)cc1)c1ccc(OC(=C(C(F)(C(F)(F)F)C(F)(F)F)C(F)(C(F)(F)F)C(F)(F)F)C(F)(F)F)cc1. The lowest BCUT2D eigenvalue weighted by molar-refractivity contribution is -0.367. The van der Waals surface area contributed by atoms with Gasteiger partial charge in [0, 0.05) is 17.1 Å². The third-order valence-corrected chi connectivity index (χ3v) is 14.9. The number of carbonyl (C=O) groups is 2. The molecule has 0 N–H and O–H groups in total. The van der Waals surface area contributed by atoms with Crippen LogP contribution in [-0.4, -0.2) is 96.4 Å². The maximum Gasteiger partial charge on any atom is 0.449 e. The van der Waals surface area contributed by atoms with E-state index in [1.165, 1.54) is 53.4 Å². The highest BCUT2D eigenvalue weighted by Crippen LogP contribution is 2.65. The molecule has 41 heteroatoms. The van der Waals surface area contributed by atoms with Crippen molar-refractivity contribution < 1.29 is 178 Å². The number of nitrogens with zero attached hydrogens (tertiary/aromatic N) is 1. The van der Waals surface area contributed by atoms with Gasteiger partial charge in [0.15, 0.2) is 0 Å². The summed E-state index contributed by atoms with van der Waals surface area (Å²) in [5.74, 6) is -16.6. The van der Waals surface area contributed by atoms with Crippen molar-refractivity contribution >= 4 is 40.6 Å². The van der Waals surface area contributed by atoms with Crippen LogP contribution in [-0.2, 0) is 22.7 Å². The summed E-state index contributed by atoms with van der Waals surface area (Å²) in [6.07, 6.45) is -79.3. The first-order chi connectivity index (χ1) is 48.8. The molecule has 0 radical (unpaired) electrons. The largest absolute Gasteiger partial charge is 0.457 e. The van der Waals surface area contributed by atoms with E-state index in [0.717, 1.165) is 16.7 Å². The molecule has 0 saturated heterocycles. The standard InChI is InChI=1S/C66H35F34NO6/c67-53(59(77,78)79,60(80,81)82)47(54(68,61(83,84)85)62(86,87)88)49(57(71,72)73)106-44-27-17-39(18-28-44)51(102)104-32-35-13-23-42(24-14-35)101(41-21-11-34(12-22-41)31-46(37-7-3-1-4-8-37)38-9-5-2-6-10-38)43-25-15-36(16-26-43)33-105-52(103)40-19-29-45(30-20-40)107-50(58(74,75)76)48(55(69,63(89,90)91)64(92,93)94)56(70,65(95,96)97)66(98,99)100/h1-31H,32-33H2. The molecule has 0 bridgehead atoms. The number of halogens is 34. The van der Waals surface area contributed by atoms with Gasteiger partial charge < -0.3 is 23.8 Å². The van der Waals surface area contributed by atoms with Crippen LogP contribution in [0.4, 0.5) is 166 Å². The fraction of sp³-hybridized carbons (Fsp3) is 0.242. The molecule has 0 aliphatic rings. The predicted molar refractivity (Wildman–Crippen MR) is 303 cm³/mol. The van der Waals surface area contributed by atoms with Gasteiger partial charge in [-0.3, -0.25) is 0 Å². The molecule has 0 amide bonds. The highest BCUT2D eigenvalue weighted by Gasteiger charge is 2.90. The molecule has 0 aromatic heterocycles. The second-order valence-electron chi connectivity index (χ2n) is 22.0. The Hall–Kier alpha value is -10.3. The van der Waals surface area contributed by atoms with Crippen LogP contribution in [0.3, 0.4) is 0 Å². The van der Waals surface area contributed by atoms with Crippen molar-refractivity contribution in [3.8, 4) is 11.5 Å². The van der Waals surface area contributed by atoms with Crippen molar-refractivity contribution in [3.63, 3.8) is 0 Å². The number of esters is 2. The summed E-state index contributed by atoms with van der Waals surface area (Å²) in [5, 5.41) is 0. The normalized spacial score (nSPS) is 13.5. The van der Waals surface area contributed by atoms with Gasteiger partial charge in [-0.15, -0.1) is 0 Å². The van der Waals surface area contributed by atoms with E-state index in [9.17, 15) is 141 Å². The number of hydrogen-bond acceptors (Lipinski definition) is 7. The van der Waals surface area contributed by atoms with Crippen LogP contribution in [0.15, 0.2) is 205 Å². The summed E-state index contributed by atoms with van der Waals surface area (Å²) in [7, 11) is 0. The minimum atomic E-state index is -8.46. The van der Waals surface area contributed by atoms with Crippen LogP contribution >= 0.6 is 0 Å². The Balaban J connectivity index is 1.18. The maximum atomic E-state index is 15.2. The molecule has 0 heterocycles. The summed E-state index contributed by atoms with van der Waals surface area (Å²) < 4.78 is 493. The summed E-state index contributed by atoms with van der Waals surface area (Å²) in [5.41, 5.74) is -43.2. The molecule has 0 fully saturated rings. The van der Waals surface area contributed by atoms with E-state index in [-0.39, 0.29) is 71.0 Å². The van der Waals surface area contributed by atoms with E-state index in [1.54, 1.807) is 60.7 Å². The number of allylic oxidation sites excluding steroid dienone is 4. The van der Waals surface area contributed by atoms with E-state index in [0.29, 0.717) is 11.3 Å². The third-order valence-electron chi connectivity index (χ3n) is 14.9. The van der Waals surface area contributed by atoms with Crippen molar-refractivity contribution in [1.29, 1.82) is 0 Å². The number of hydrogen-bond donors (Lipinski definition) is 0. The molecule has 0 unspecified atom stereocenters. The fourth-order valence-corrected chi connectivity index (χ4v) is 9.78. The first-order valence-corrected chi connectivity index (χ1v) is 28.5. The summed E-state index contributed by atoms with van der Waals surface area (Å²) in [4.78, 5) is 27.7. The van der Waals surface area contributed by atoms with Gasteiger partial charge in [0.05, 0.1) is 22.3 Å². The lowest BCUT2D eigenvalue weighted by atomic mass is 9.79. The quantitative estimate of drug-likeness (QED) is 0.0326. The molecule has 7 rings (SSSR count). The highest BCUT2D eigenvalue weighted by atomic mass is 19.5. The molecule has 107 heavy (non-hydrogen) atoms. The minimum Gasteiger partial charge on any atom is -0.457 e. The minimum absolute atomic E-state index is 0.0539. The molecule has 0 aliphatic heterocycles. The van der Waals surface area contributed by atoms with Crippen LogP contribution < -0.4 is 14.4 Å². The zero-order valence-corrected chi connectivity index (χ0v) is 51.6. The molecule has 0 saturated carbocycles. The molecule has 7 aromatic rings. The Bertz CT molecular complexity index is 3960. The van der Waals surface area contributed by atoms with E-state index in [4.69, 9.17) is 9.47 Å². The van der Waals surface area contributed by atoms with Crippen LogP contribution in [0.5, 0.6) is 11.5 Å². The summed E-state index contributed by atoms with van der Waals surface area (Å²) >= 11 is 0. The van der Waals surface area contributed by atoms with Crippen molar-refractivity contribution in [2.45, 2.75) is 97.7 Å². The second kappa shape index (κ2) is 29.5. The number of alkyl halides is 34. The van der Waals surface area contributed by atoms with Crippen molar-refractivity contribution in [2.75, 3.05) is 4.90 Å². The number of ether oxygens (including phenoxy) is 4. The topological polar surface area (TPSA) is 74.3 Å². The lowest BCUT2D eigenvalue weighted by Crippen LogP contribution is -2.67. The molecular formula is C66H35F34NO6. The maximum absolute atomic E-state index is 15.2. The average Bonchev–Trinajstić information content (AvgIpc) is 0.699. The molecule has 7 nitrogen and oxygen atoms in total. The summed E-state index contributed by atoms with van der Waals surface area (Å²) in [6, 6.07) is 35.6. The van der Waals surface area contributed by atoms with E-state index >= 15 is 17.6 Å².